The molecule has 3 rings (SSSR count). The summed E-state index contributed by atoms with van der Waals surface area (Å²) in [7, 11) is 3.15. The summed E-state index contributed by atoms with van der Waals surface area (Å²) >= 11 is 0. The lowest BCUT2D eigenvalue weighted by Gasteiger charge is -2.26. The SMILES string of the molecule is COc1ccc(-c2noc(CCC(=O)N3CCOCC3)n2)cc1OC. The zero-order chi connectivity index (χ0) is 17.6. The Balaban J connectivity index is 1.63. The zero-order valence-electron chi connectivity index (χ0n) is 14.4. The summed E-state index contributed by atoms with van der Waals surface area (Å²) in [5.41, 5.74) is 0.757. The number of methoxy groups -OCH3 is 2. The Hall–Kier alpha value is -2.61. The minimum absolute atomic E-state index is 0.0779. The van der Waals surface area contributed by atoms with E-state index in [2.05, 4.69) is 10.1 Å². The highest BCUT2D eigenvalue weighted by Crippen LogP contribution is 2.31. The van der Waals surface area contributed by atoms with Gasteiger partial charge in [0.1, 0.15) is 0 Å². The van der Waals surface area contributed by atoms with Gasteiger partial charge in [-0.05, 0) is 18.2 Å². The van der Waals surface area contributed by atoms with E-state index in [9.17, 15) is 4.79 Å². The minimum atomic E-state index is 0.0779. The van der Waals surface area contributed by atoms with Crippen LogP contribution in [0, 0.1) is 0 Å². The number of hydrogen-bond donors (Lipinski definition) is 0. The predicted octanol–water partition coefficient (Wildman–Crippen LogP) is 1.55. The van der Waals surface area contributed by atoms with E-state index in [1.165, 1.54) is 0 Å². The van der Waals surface area contributed by atoms with E-state index < -0.39 is 0 Å². The van der Waals surface area contributed by atoms with Gasteiger partial charge in [0.25, 0.3) is 0 Å². The summed E-state index contributed by atoms with van der Waals surface area (Å²) in [5.74, 6) is 2.19. The van der Waals surface area contributed by atoms with Crippen LogP contribution in [0.5, 0.6) is 11.5 Å². The molecule has 1 aromatic heterocycles. The standard InChI is InChI=1S/C17H21N3O5/c1-22-13-4-3-12(11-14(13)23-2)17-18-15(25-19-17)5-6-16(21)20-7-9-24-10-8-20/h3-4,11H,5-10H2,1-2H3. The van der Waals surface area contributed by atoms with Crippen LogP contribution >= 0.6 is 0 Å². The number of hydrogen-bond acceptors (Lipinski definition) is 7. The maximum absolute atomic E-state index is 12.2. The fourth-order valence-electron chi connectivity index (χ4n) is 2.63. The quantitative estimate of drug-likeness (QED) is 0.783. The van der Waals surface area contributed by atoms with Gasteiger partial charge in [-0.1, -0.05) is 5.16 Å². The van der Waals surface area contributed by atoms with Gasteiger partial charge in [-0.15, -0.1) is 0 Å². The number of carbonyl (C=O) groups excluding carboxylic acids is 1. The lowest BCUT2D eigenvalue weighted by Crippen LogP contribution is -2.40. The highest BCUT2D eigenvalue weighted by molar-refractivity contribution is 5.76. The first kappa shape index (κ1) is 17.2. The maximum atomic E-state index is 12.2. The molecule has 8 nitrogen and oxygen atoms in total. The molecule has 0 radical (unpaired) electrons. The number of ether oxygens (including phenoxy) is 3. The highest BCUT2D eigenvalue weighted by Gasteiger charge is 2.18. The van der Waals surface area contributed by atoms with Crippen LogP contribution in [0.2, 0.25) is 0 Å². The number of morpholine rings is 1. The number of rotatable bonds is 6. The largest absolute Gasteiger partial charge is 0.493 e. The number of aryl methyl sites for hydroxylation is 1. The van der Waals surface area contributed by atoms with Gasteiger partial charge in [0.05, 0.1) is 27.4 Å². The van der Waals surface area contributed by atoms with E-state index >= 15 is 0 Å². The van der Waals surface area contributed by atoms with Crippen molar-refractivity contribution >= 4 is 5.91 Å². The van der Waals surface area contributed by atoms with Gasteiger partial charge in [0.15, 0.2) is 11.5 Å². The predicted molar refractivity (Wildman–Crippen MR) is 88.6 cm³/mol. The van der Waals surface area contributed by atoms with Crippen molar-refractivity contribution in [2.75, 3.05) is 40.5 Å². The Morgan fingerprint density at radius 2 is 1.96 bits per heavy atom. The Morgan fingerprint density at radius 1 is 1.20 bits per heavy atom. The van der Waals surface area contributed by atoms with Crippen molar-refractivity contribution in [3.63, 3.8) is 0 Å². The van der Waals surface area contributed by atoms with E-state index in [0.29, 0.717) is 62.4 Å². The highest BCUT2D eigenvalue weighted by atomic mass is 16.5. The minimum Gasteiger partial charge on any atom is -0.493 e. The van der Waals surface area contributed by atoms with Crippen LogP contribution < -0.4 is 9.47 Å². The summed E-state index contributed by atoms with van der Waals surface area (Å²) in [6.45, 7) is 2.46. The second-order valence-electron chi connectivity index (χ2n) is 5.57. The van der Waals surface area contributed by atoms with Gasteiger partial charge in [-0.25, -0.2) is 0 Å². The first-order valence-electron chi connectivity index (χ1n) is 8.11. The van der Waals surface area contributed by atoms with Crippen LogP contribution in [0.1, 0.15) is 12.3 Å². The van der Waals surface area contributed by atoms with E-state index in [1.54, 1.807) is 31.3 Å². The molecule has 0 atom stereocenters. The monoisotopic (exact) mass is 347 g/mol. The molecule has 0 spiro atoms. The van der Waals surface area contributed by atoms with Crippen LogP contribution in [0.25, 0.3) is 11.4 Å². The van der Waals surface area contributed by atoms with Crippen molar-refractivity contribution in [2.45, 2.75) is 12.8 Å². The third-order valence-electron chi connectivity index (χ3n) is 4.03. The van der Waals surface area contributed by atoms with Crippen LogP contribution in [0.3, 0.4) is 0 Å². The molecule has 1 aliphatic heterocycles. The molecule has 134 valence electrons. The fraction of sp³-hybridized carbons (Fsp3) is 0.471. The Morgan fingerprint density at radius 3 is 2.68 bits per heavy atom. The number of amides is 1. The summed E-state index contributed by atoms with van der Waals surface area (Å²) in [5, 5.41) is 3.98. The average molecular weight is 347 g/mol. The van der Waals surface area contributed by atoms with Crippen LogP contribution in [-0.4, -0.2) is 61.5 Å². The number of nitrogens with zero attached hydrogens (tertiary/aromatic N) is 3. The van der Waals surface area contributed by atoms with Crippen LogP contribution in [-0.2, 0) is 16.0 Å². The molecule has 1 aromatic carbocycles. The van der Waals surface area contributed by atoms with Crippen LogP contribution in [0.4, 0.5) is 0 Å². The first-order valence-corrected chi connectivity index (χ1v) is 8.11. The van der Waals surface area contributed by atoms with Crippen molar-refractivity contribution in [3.8, 4) is 22.9 Å². The van der Waals surface area contributed by atoms with Gasteiger partial charge in [-0.2, -0.15) is 4.98 Å². The van der Waals surface area contributed by atoms with Crippen molar-refractivity contribution in [2.24, 2.45) is 0 Å². The molecule has 1 saturated heterocycles. The Kier molecular flexibility index (Phi) is 5.49. The van der Waals surface area contributed by atoms with Crippen LogP contribution in [0.15, 0.2) is 22.7 Å². The molecule has 0 bridgehead atoms. The molecule has 0 saturated carbocycles. The molecule has 0 N–H and O–H groups in total. The first-order chi connectivity index (χ1) is 12.2. The number of carbonyl (C=O) groups is 1. The van der Waals surface area contributed by atoms with Crippen molar-refractivity contribution in [1.82, 2.24) is 15.0 Å². The third-order valence-corrected chi connectivity index (χ3v) is 4.03. The number of benzene rings is 1. The van der Waals surface area contributed by atoms with E-state index in [-0.39, 0.29) is 5.91 Å². The molecule has 0 aliphatic carbocycles. The number of aromatic nitrogens is 2. The molecule has 1 fully saturated rings. The fourth-order valence-corrected chi connectivity index (χ4v) is 2.63. The molecule has 1 amide bonds. The van der Waals surface area contributed by atoms with Crippen molar-refractivity contribution in [3.05, 3.63) is 24.1 Å². The van der Waals surface area contributed by atoms with E-state index in [0.717, 1.165) is 5.56 Å². The summed E-state index contributed by atoms with van der Waals surface area (Å²) in [6, 6.07) is 5.40. The third kappa shape index (κ3) is 4.08. The van der Waals surface area contributed by atoms with E-state index in [1.807, 2.05) is 6.07 Å². The molecule has 2 aromatic rings. The van der Waals surface area contributed by atoms with Crippen molar-refractivity contribution in [1.29, 1.82) is 0 Å². The molecular formula is C17H21N3O5. The lowest BCUT2D eigenvalue weighted by atomic mass is 10.2. The zero-order valence-corrected chi connectivity index (χ0v) is 14.4. The molecule has 2 heterocycles. The molecule has 0 unspecified atom stereocenters. The van der Waals surface area contributed by atoms with Gasteiger partial charge in [-0.3, -0.25) is 4.79 Å². The van der Waals surface area contributed by atoms with Gasteiger partial charge in [0.2, 0.25) is 17.6 Å². The van der Waals surface area contributed by atoms with Crippen molar-refractivity contribution < 1.29 is 23.5 Å². The van der Waals surface area contributed by atoms with Gasteiger partial charge in [0, 0.05) is 31.5 Å². The summed E-state index contributed by atoms with van der Waals surface area (Å²) in [4.78, 5) is 18.3. The second-order valence-corrected chi connectivity index (χ2v) is 5.57. The Labute approximate surface area is 145 Å². The van der Waals surface area contributed by atoms with Gasteiger partial charge < -0.3 is 23.6 Å². The molecule has 1 aliphatic rings. The lowest BCUT2D eigenvalue weighted by molar-refractivity contribution is -0.135. The molecular weight excluding hydrogens is 326 g/mol. The Bertz CT molecular complexity index is 725. The summed E-state index contributed by atoms with van der Waals surface area (Å²) in [6.07, 6.45) is 0.754. The van der Waals surface area contributed by atoms with E-state index in [4.69, 9.17) is 18.7 Å². The maximum Gasteiger partial charge on any atom is 0.227 e. The molecule has 8 heteroatoms. The molecule has 25 heavy (non-hydrogen) atoms. The summed E-state index contributed by atoms with van der Waals surface area (Å²) < 4.78 is 21.0. The smallest absolute Gasteiger partial charge is 0.227 e. The normalized spacial score (nSPS) is 14.4. The topological polar surface area (TPSA) is 86.9 Å². The van der Waals surface area contributed by atoms with Gasteiger partial charge >= 0.3 is 0 Å². The average Bonchev–Trinajstić information content (AvgIpc) is 3.15. The second kappa shape index (κ2) is 7.98.